The van der Waals surface area contributed by atoms with Gasteiger partial charge in [0, 0.05) is 6.54 Å². The van der Waals surface area contributed by atoms with Gasteiger partial charge in [0.25, 0.3) is 0 Å². The van der Waals surface area contributed by atoms with Gasteiger partial charge in [0.2, 0.25) is 0 Å². The van der Waals surface area contributed by atoms with E-state index < -0.39 is 54.6 Å². The van der Waals surface area contributed by atoms with Crippen molar-refractivity contribution in [2.45, 2.75) is 31.5 Å². The lowest BCUT2D eigenvalue weighted by atomic mass is 10.1. The van der Waals surface area contributed by atoms with Crippen LogP contribution in [0.1, 0.15) is 13.2 Å². The number of aromatic nitrogens is 4. The fourth-order valence-electron chi connectivity index (χ4n) is 3.12. The second-order valence-electron chi connectivity index (χ2n) is 7.57. The van der Waals surface area contributed by atoms with Crippen molar-refractivity contribution in [3.05, 3.63) is 24.3 Å². The van der Waals surface area contributed by atoms with E-state index >= 15 is 0 Å². The maximum atomic E-state index is 11.9. The zero-order valence-corrected chi connectivity index (χ0v) is 21.5. The molecule has 37 heavy (non-hydrogen) atoms. The highest BCUT2D eigenvalue weighted by Crippen LogP contribution is 2.66. The molecule has 1 aliphatic rings. The van der Waals surface area contributed by atoms with Crippen LogP contribution in [-0.2, 0) is 31.6 Å². The number of phosphoric acid groups is 3. The van der Waals surface area contributed by atoms with Crippen LogP contribution in [-0.4, -0.2) is 92.5 Å². The van der Waals surface area contributed by atoms with Crippen LogP contribution in [0.2, 0.25) is 0 Å². The molecule has 1 fully saturated rings. The maximum Gasteiger partial charge on any atom is 0.490 e. The number of nitrogens with one attached hydrogen (secondary N) is 1. The molecule has 1 saturated heterocycles. The summed E-state index contributed by atoms with van der Waals surface area (Å²) in [6, 6.07) is 0. The Kier molecular flexibility index (Phi) is 9.38. The minimum Gasteiger partial charge on any atom is -0.392 e. The zero-order chi connectivity index (χ0) is 27.6. The fourth-order valence-corrected chi connectivity index (χ4v) is 6.15. The van der Waals surface area contributed by atoms with Gasteiger partial charge in [-0.25, -0.2) is 28.6 Å². The molecule has 2 aromatic heterocycles. The molecule has 6 unspecified atom stereocenters. The Balaban J connectivity index is 1.70. The minimum absolute atomic E-state index is 0.113. The quantitative estimate of drug-likeness (QED) is 0.110. The van der Waals surface area contributed by atoms with Crippen molar-refractivity contribution >= 4 is 40.4 Å². The van der Waals surface area contributed by atoms with Crippen LogP contribution < -0.4 is 5.32 Å². The van der Waals surface area contributed by atoms with E-state index in [0.717, 1.165) is 5.57 Å². The molecule has 8 N–H and O–H groups in total. The summed E-state index contributed by atoms with van der Waals surface area (Å²) in [5.41, 5.74) is 1.19. The lowest BCUT2D eigenvalue weighted by molar-refractivity contribution is -0.0503. The molecule has 0 bridgehead atoms. The first kappa shape index (κ1) is 29.9. The summed E-state index contributed by atoms with van der Waals surface area (Å²) in [6.07, 6.45) is -1.93. The van der Waals surface area contributed by atoms with Crippen LogP contribution in [0.15, 0.2) is 24.3 Å². The Morgan fingerprint density at radius 2 is 1.81 bits per heavy atom. The van der Waals surface area contributed by atoms with Crippen LogP contribution >= 0.6 is 23.5 Å². The molecule has 0 aliphatic carbocycles. The monoisotopic (exact) mass is 591 g/mol. The first-order valence-electron chi connectivity index (χ1n) is 10.1. The molecule has 0 spiro atoms. The second-order valence-corrected chi connectivity index (χ2v) is 12.0. The summed E-state index contributed by atoms with van der Waals surface area (Å²) in [5.74, 6) is 0.322. The van der Waals surface area contributed by atoms with E-state index in [1.54, 1.807) is 13.0 Å². The van der Waals surface area contributed by atoms with Gasteiger partial charge in [0.1, 0.15) is 24.6 Å². The number of aliphatic hydroxyl groups is 3. The molecule has 3 rings (SSSR count). The number of hydrogen-bond donors (Lipinski definition) is 8. The molecular weight excluding hydrogens is 567 g/mol. The van der Waals surface area contributed by atoms with Gasteiger partial charge in [-0.05, 0) is 6.92 Å². The van der Waals surface area contributed by atoms with E-state index in [1.807, 2.05) is 0 Å². The van der Waals surface area contributed by atoms with Crippen LogP contribution in [0, 0.1) is 0 Å². The summed E-state index contributed by atoms with van der Waals surface area (Å²) in [6.45, 7) is 0.966. The van der Waals surface area contributed by atoms with E-state index in [4.69, 9.17) is 19.6 Å². The van der Waals surface area contributed by atoms with E-state index in [1.165, 1.54) is 17.2 Å². The Morgan fingerprint density at radius 1 is 1.11 bits per heavy atom. The average Bonchev–Trinajstić information content (AvgIpc) is 3.31. The first-order chi connectivity index (χ1) is 17.1. The van der Waals surface area contributed by atoms with E-state index in [9.17, 15) is 33.7 Å². The summed E-state index contributed by atoms with van der Waals surface area (Å²) in [5, 5.41) is 32.9. The molecule has 2 aromatic rings. The zero-order valence-electron chi connectivity index (χ0n) is 18.8. The molecule has 22 heteroatoms. The van der Waals surface area contributed by atoms with Gasteiger partial charge in [-0.1, -0.05) is 11.6 Å². The van der Waals surface area contributed by atoms with Gasteiger partial charge in [0.05, 0.1) is 19.5 Å². The normalized spacial score (nSPS) is 26.2. The molecule has 0 radical (unpaired) electrons. The minimum atomic E-state index is -5.73. The van der Waals surface area contributed by atoms with Crippen molar-refractivity contribution in [1.29, 1.82) is 0 Å². The summed E-state index contributed by atoms with van der Waals surface area (Å²) >= 11 is 0. The Labute approximate surface area is 207 Å². The van der Waals surface area contributed by atoms with Crippen molar-refractivity contribution in [3.8, 4) is 0 Å². The highest BCUT2D eigenvalue weighted by molar-refractivity contribution is 7.66. The molecule has 0 saturated carbocycles. The number of fused-ring (bicyclic) bond motifs is 1. The predicted octanol–water partition coefficient (Wildman–Crippen LogP) is -0.861. The molecule has 3 heterocycles. The number of rotatable bonds is 12. The van der Waals surface area contributed by atoms with Crippen LogP contribution in [0.4, 0.5) is 5.82 Å². The van der Waals surface area contributed by atoms with Gasteiger partial charge < -0.3 is 44.9 Å². The predicted molar refractivity (Wildman–Crippen MR) is 120 cm³/mol. The van der Waals surface area contributed by atoms with Gasteiger partial charge in [-0.15, -0.1) is 0 Å². The number of imidazole rings is 1. The van der Waals surface area contributed by atoms with Crippen molar-refractivity contribution in [1.82, 2.24) is 19.5 Å². The van der Waals surface area contributed by atoms with E-state index in [-0.39, 0.29) is 17.8 Å². The van der Waals surface area contributed by atoms with Crippen LogP contribution in [0.3, 0.4) is 0 Å². The number of anilines is 1. The van der Waals surface area contributed by atoms with Crippen molar-refractivity contribution in [2.75, 3.05) is 25.1 Å². The third kappa shape index (κ3) is 7.92. The lowest BCUT2D eigenvalue weighted by Crippen LogP contribution is -2.33. The van der Waals surface area contributed by atoms with Gasteiger partial charge in [-0.3, -0.25) is 9.09 Å². The Bertz CT molecular complexity index is 1280. The molecule has 0 amide bonds. The molecule has 6 atom stereocenters. The first-order valence-corrected chi connectivity index (χ1v) is 14.6. The third-order valence-corrected chi connectivity index (χ3v) is 8.56. The molecule has 19 nitrogen and oxygen atoms in total. The lowest BCUT2D eigenvalue weighted by Gasteiger charge is -2.19. The number of phosphoric ester groups is 1. The molecular formula is C15H24N5O14P3. The topological polar surface area (TPSA) is 285 Å². The third-order valence-electron chi connectivity index (χ3n) is 4.76. The number of hydrogen-bond acceptors (Lipinski definition) is 14. The summed E-state index contributed by atoms with van der Waals surface area (Å²) in [7, 11) is -16.8. The fraction of sp³-hybridized carbons (Fsp3) is 0.533. The number of ether oxygens (including phenoxy) is 1. The highest BCUT2D eigenvalue weighted by atomic mass is 31.3. The molecule has 1 aliphatic heterocycles. The summed E-state index contributed by atoms with van der Waals surface area (Å²) < 4.78 is 52.5. The van der Waals surface area contributed by atoms with Gasteiger partial charge in [0.15, 0.2) is 23.2 Å². The Hall–Kier alpha value is -1.66. The van der Waals surface area contributed by atoms with Crippen molar-refractivity contribution < 1.29 is 66.5 Å². The van der Waals surface area contributed by atoms with Gasteiger partial charge in [-0.2, -0.15) is 8.62 Å². The van der Waals surface area contributed by atoms with Crippen molar-refractivity contribution in [3.63, 3.8) is 0 Å². The molecule has 208 valence electrons. The smallest absolute Gasteiger partial charge is 0.392 e. The second kappa shape index (κ2) is 11.6. The number of nitrogens with zero attached hydrogens (tertiary/aromatic N) is 4. The van der Waals surface area contributed by atoms with E-state index in [2.05, 4.69) is 33.4 Å². The SMILES string of the molecule is CC(=CCNc1ncnc2c1ncn2C1OC(COP(=O)(O)OP(=O)(O)OP(=O)(O)O)C(O)C1O)CO. The highest BCUT2D eigenvalue weighted by Gasteiger charge is 2.47. The Morgan fingerprint density at radius 3 is 2.46 bits per heavy atom. The van der Waals surface area contributed by atoms with Crippen LogP contribution in [0.25, 0.3) is 11.2 Å². The largest absolute Gasteiger partial charge is 0.490 e. The van der Waals surface area contributed by atoms with E-state index in [0.29, 0.717) is 12.4 Å². The summed E-state index contributed by atoms with van der Waals surface area (Å²) in [4.78, 5) is 48.3. The maximum absolute atomic E-state index is 11.9. The van der Waals surface area contributed by atoms with Crippen LogP contribution in [0.5, 0.6) is 0 Å². The standard InChI is InChI=1S/C15H24N5O14P3/c1-8(4-21)2-3-16-13-10-14(18-6-17-13)20(7-19-10)15-12(23)11(22)9(32-15)5-31-36(27,28)34-37(29,30)33-35(24,25)26/h2,6-7,9,11-12,15,21-23H,3-5H2,1H3,(H,27,28)(H,29,30)(H,16,17,18)(H2,24,25,26). The number of aliphatic hydroxyl groups excluding tert-OH is 3. The van der Waals surface area contributed by atoms with Gasteiger partial charge >= 0.3 is 23.5 Å². The van der Waals surface area contributed by atoms with Crippen molar-refractivity contribution in [2.24, 2.45) is 0 Å². The average molecular weight is 591 g/mol. The molecule has 0 aromatic carbocycles.